The van der Waals surface area contributed by atoms with Crippen molar-refractivity contribution in [1.29, 1.82) is 0 Å². The van der Waals surface area contributed by atoms with E-state index in [0.717, 1.165) is 29.1 Å². The second kappa shape index (κ2) is 12.1. The minimum Gasteiger partial charge on any atom is -0.481 e. The molecule has 4 rings (SSSR count). The first kappa shape index (κ1) is 26.0. The molecule has 0 atom stereocenters. The van der Waals surface area contributed by atoms with E-state index < -0.39 is 5.97 Å². The molecule has 3 aromatic carbocycles. The van der Waals surface area contributed by atoms with Gasteiger partial charge in [0, 0.05) is 32.9 Å². The number of hydrogen-bond donors (Lipinski definition) is 1. The van der Waals surface area contributed by atoms with Crippen molar-refractivity contribution >= 4 is 23.4 Å². The number of rotatable bonds is 3. The third-order valence-corrected chi connectivity index (χ3v) is 4.35. The molecule has 1 aliphatic rings. The van der Waals surface area contributed by atoms with E-state index in [1.54, 1.807) is 0 Å². The van der Waals surface area contributed by atoms with Crippen LogP contribution in [0.4, 0.5) is 5.69 Å². The molecule has 0 spiro atoms. The van der Waals surface area contributed by atoms with E-state index in [1.165, 1.54) is 0 Å². The Morgan fingerprint density at radius 3 is 2.27 bits per heavy atom. The van der Waals surface area contributed by atoms with Gasteiger partial charge in [0.2, 0.25) is 5.90 Å². The molecule has 0 aliphatic carbocycles. The van der Waals surface area contributed by atoms with Crippen LogP contribution in [0.5, 0.6) is 0 Å². The van der Waals surface area contributed by atoms with Crippen LogP contribution < -0.4 is 5.36 Å². The Hall–Kier alpha value is -3.27. The largest absolute Gasteiger partial charge is 0.481 e. The van der Waals surface area contributed by atoms with Crippen molar-refractivity contribution in [3.8, 4) is 0 Å². The summed E-state index contributed by atoms with van der Waals surface area (Å²) in [5.41, 5.74) is 2.40. The van der Waals surface area contributed by atoms with Gasteiger partial charge in [-0.2, -0.15) is 18.2 Å². The second-order valence-corrected chi connectivity index (χ2v) is 7.80. The molecule has 1 N–H and O–H groups in total. The van der Waals surface area contributed by atoms with Gasteiger partial charge in [0.25, 0.3) is 5.97 Å². The van der Waals surface area contributed by atoms with Crippen LogP contribution in [0.3, 0.4) is 0 Å². The molecule has 0 aromatic heterocycles. The average Bonchev–Trinajstić information content (AvgIpc) is 3.14. The molecule has 0 amide bonds. The zero-order chi connectivity index (χ0) is 23.0. The average molecular weight is 535 g/mol. The molecule has 1 aliphatic heterocycles. The molecule has 0 bridgehead atoms. The van der Waals surface area contributed by atoms with Gasteiger partial charge in [0.1, 0.15) is 6.61 Å². The Morgan fingerprint density at radius 1 is 1.03 bits per heavy atom. The predicted molar refractivity (Wildman–Crippen MR) is 127 cm³/mol. The minimum atomic E-state index is -0.833. The van der Waals surface area contributed by atoms with Gasteiger partial charge in [-0.15, -0.1) is 12.1 Å². The topological polar surface area (TPSA) is 83.6 Å². The van der Waals surface area contributed by atoms with Gasteiger partial charge in [0.05, 0.1) is 16.8 Å². The molecule has 0 saturated carbocycles. The number of ether oxygens (including phenoxy) is 1. The van der Waals surface area contributed by atoms with Crippen LogP contribution in [0, 0.1) is 0 Å². The monoisotopic (exact) mass is 534 g/mol. The van der Waals surface area contributed by atoms with Crippen LogP contribution in [0.1, 0.15) is 31.9 Å². The summed E-state index contributed by atoms with van der Waals surface area (Å²) in [7, 11) is 0. The SMILES string of the molecule is CC(=O)O.CC1(C)COC(c2ccccc2N=C(N=c2cccc[cH-]2)c2ccccc2)=N1.[Pd]. The molecule has 0 fully saturated rings. The first-order chi connectivity index (χ1) is 15.3. The van der Waals surface area contributed by atoms with Crippen molar-refractivity contribution in [2.45, 2.75) is 26.3 Å². The number of nitrogens with zero attached hydrogens (tertiary/aromatic N) is 3. The van der Waals surface area contributed by atoms with Crippen molar-refractivity contribution in [2.75, 3.05) is 6.61 Å². The van der Waals surface area contributed by atoms with Crippen molar-refractivity contribution in [3.63, 3.8) is 0 Å². The number of carbonyl (C=O) groups is 1. The maximum atomic E-state index is 9.00. The van der Waals surface area contributed by atoms with Crippen LogP contribution in [-0.4, -0.2) is 35.0 Å². The maximum Gasteiger partial charge on any atom is 0.300 e. The molecule has 1 heterocycles. The van der Waals surface area contributed by atoms with Crippen LogP contribution in [0.2, 0.25) is 0 Å². The van der Waals surface area contributed by atoms with Crippen LogP contribution >= 0.6 is 0 Å². The van der Waals surface area contributed by atoms with Gasteiger partial charge in [-0.3, -0.25) is 9.79 Å². The summed E-state index contributed by atoms with van der Waals surface area (Å²) in [6.07, 6.45) is 0. The van der Waals surface area contributed by atoms with Gasteiger partial charge < -0.3 is 9.84 Å². The summed E-state index contributed by atoms with van der Waals surface area (Å²) in [5.74, 6) is 0.452. The van der Waals surface area contributed by atoms with Gasteiger partial charge in [-0.05, 0) is 31.3 Å². The van der Waals surface area contributed by atoms with Gasteiger partial charge in [-0.1, -0.05) is 42.5 Å². The molecule has 6 nitrogen and oxygen atoms in total. The molecule has 174 valence electrons. The van der Waals surface area contributed by atoms with E-state index in [1.807, 2.05) is 84.9 Å². The summed E-state index contributed by atoms with van der Waals surface area (Å²) < 4.78 is 5.85. The molecule has 7 heteroatoms. The van der Waals surface area contributed by atoms with E-state index in [0.29, 0.717) is 18.3 Å². The fourth-order valence-electron chi connectivity index (χ4n) is 2.95. The number of carboxylic acid groups (broad SMARTS) is 1. The number of para-hydroxylation sites is 2. The quantitative estimate of drug-likeness (QED) is 0.228. The molecular formula is C26H26N3O3Pd-. The van der Waals surface area contributed by atoms with E-state index in [9.17, 15) is 0 Å². The third kappa shape index (κ3) is 7.98. The molecule has 3 aromatic rings. The van der Waals surface area contributed by atoms with Crippen molar-refractivity contribution in [2.24, 2.45) is 15.0 Å². The van der Waals surface area contributed by atoms with Crippen LogP contribution in [0.25, 0.3) is 0 Å². The standard InChI is InChI=1S/C24H22N3O.C2H4O2.Pd/c1-24(2)17-28-23(27-24)20-15-9-10-16-21(20)26-22(18-11-5-3-6-12-18)25-19-13-7-4-8-14-19;1-2(3)4;/h3-16H,17H2,1-2H3;1H3,(H,3,4);/q-1;;. The number of hydrogen-bond acceptors (Lipinski definition) is 4. The molecular weight excluding hydrogens is 509 g/mol. The second-order valence-electron chi connectivity index (χ2n) is 7.80. The summed E-state index contributed by atoms with van der Waals surface area (Å²) in [5, 5.41) is 8.28. The maximum absolute atomic E-state index is 9.00. The summed E-state index contributed by atoms with van der Waals surface area (Å²) in [4.78, 5) is 23.4. The summed E-state index contributed by atoms with van der Waals surface area (Å²) in [6.45, 7) is 5.78. The Balaban J connectivity index is 0.000000714. The van der Waals surface area contributed by atoms with Crippen molar-refractivity contribution < 1.29 is 35.1 Å². The van der Waals surface area contributed by atoms with E-state index in [4.69, 9.17) is 29.6 Å². The predicted octanol–water partition coefficient (Wildman–Crippen LogP) is 4.73. The zero-order valence-electron chi connectivity index (χ0n) is 18.7. The van der Waals surface area contributed by atoms with E-state index in [2.05, 4.69) is 13.8 Å². The number of carboxylic acids is 1. The Bertz CT molecular complexity index is 1180. The number of aliphatic carboxylic acids is 1. The number of amidine groups is 1. The smallest absolute Gasteiger partial charge is 0.300 e. The Labute approximate surface area is 207 Å². The van der Waals surface area contributed by atoms with Crippen LogP contribution in [-0.2, 0) is 30.0 Å². The normalized spacial score (nSPS) is 14.0. The van der Waals surface area contributed by atoms with Gasteiger partial charge >= 0.3 is 0 Å². The van der Waals surface area contributed by atoms with Crippen molar-refractivity contribution in [1.82, 2.24) is 0 Å². The third-order valence-electron chi connectivity index (χ3n) is 4.35. The Morgan fingerprint density at radius 2 is 1.67 bits per heavy atom. The number of aliphatic imine (C=N–C) groups is 2. The van der Waals surface area contributed by atoms with E-state index >= 15 is 0 Å². The molecule has 0 radical (unpaired) electrons. The van der Waals surface area contributed by atoms with Gasteiger partial charge in [-0.25, -0.2) is 9.98 Å². The molecule has 0 saturated heterocycles. The first-order valence-corrected chi connectivity index (χ1v) is 10.3. The summed E-state index contributed by atoms with van der Waals surface area (Å²) >= 11 is 0. The zero-order valence-corrected chi connectivity index (χ0v) is 20.3. The fourth-order valence-corrected chi connectivity index (χ4v) is 2.95. The Kier molecular flexibility index (Phi) is 9.53. The van der Waals surface area contributed by atoms with E-state index in [-0.39, 0.29) is 26.0 Å². The number of benzene rings is 3. The van der Waals surface area contributed by atoms with Crippen LogP contribution in [0.15, 0.2) is 99.9 Å². The van der Waals surface area contributed by atoms with Gasteiger partial charge in [0.15, 0.2) is 5.84 Å². The fraction of sp³-hybridized carbons (Fsp3) is 0.192. The summed E-state index contributed by atoms with van der Waals surface area (Å²) in [6, 6.07) is 27.8. The van der Waals surface area contributed by atoms with Crippen molar-refractivity contribution in [3.05, 3.63) is 101 Å². The minimum absolute atomic E-state index is 0. The molecule has 0 unspecified atom stereocenters. The molecule has 33 heavy (non-hydrogen) atoms. The first-order valence-electron chi connectivity index (χ1n) is 10.3.